The van der Waals surface area contributed by atoms with E-state index < -0.39 is 0 Å². The Labute approximate surface area is 157 Å². The van der Waals surface area contributed by atoms with E-state index in [2.05, 4.69) is 15.6 Å². The highest BCUT2D eigenvalue weighted by molar-refractivity contribution is 6.05. The Morgan fingerprint density at radius 1 is 0.963 bits per heavy atom. The molecule has 0 saturated carbocycles. The van der Waals surface area contributed by atoms with Crippen LogP contribution in [-0.2, 0) is 0 Å². The Morgan fingerprint density at radius 2 is 1.81 bits per heavy atom. The molecule has 0 aliphatic carbocycles. The number of fused-ring (bicyclic) bond motifs is 1. The summed E-state index contributed by atoms with van der Waals surface area (Å²) in [4.78, 5) is 16.8. The van der Waals surface area contributed by atoms with Gasteiger partial charge in [0.05, 0.1) is 17.4 Å². The number of nitrogens with one attached hydrogen (secondary N) is 2. The number of nitrogens with zero attached hydrogens (tertiary/aromatic N) is 1. The van der Waals surface area contributed by atoms with Crippen LogP contribution >= 0.6 is 0 Å². The van der Waals surface area contributed by atoms with Gasteiger partial charge in [-0.1, -0.05) is 12.1 Å². The van der Waals surface area contributed by atoms with E-state index in [1.165, 1.54) is 0 Å². The normalized spacial score (nSPS) is 11.9. The quantitative estimate of drug-likeness (QED) is 0.719. The first-order valence-electron chi connectivity index (χ1n) is 8.59. The van der Waals surface area contributed by atoms with Crippen molar-refractivity contribution < 1.29 is 14.3 Å². The van der Waals surface area contributed by atoms with Crippen LogP contribution in [0.25, 0.3) is 0 Å². The van der Waals surface area contributed by atoms with Gasteiger partial charge >= 0.3 is 0 Å². The molecule has 1 aromatic heterocycles. The lowest BCUT2D eigenvalue weighted by molar-refractivity contribution is 0.102. The van der Waals surface area contributed by atoms with Gasteiger partial charge in [-0.15, -0.1) is 0 Å². The highest BCUT2D eigenvalue weighted by Crippen LogP contribution is 2.35. The van der Waals surface area contributed by atoms with Crippen molar-refractivity contribution in [2.45, 2.75) is 13.8 Å². The SMILES string of the molecule is Cc1ccc(C)c(NC(=O)c2cncc(Nc3ccc4c(c3)OCO4)c2)c1. The van der Waals surface area contributed by atoms with E-state index in [-0.39, 0.29) is 12.7 Å². The maximum atomic E-state index is 12.6. The summed E-state index contributed by atoms with van der Waals surface area (Å²) in [5, 5.41) is 6.18. The minimum atomic E-state index is -0.203. The number of aromatic nitrogens is 1. The summed E-state index contributed by atoms with van der Waals surface area (Å²) in [6.45, 7) is 4.19. The van der Waals surface area contributed by atoms with E-state index in [9.17, 15) is 4.79 Å². The predicted molar refractivity (Wildman–Crippen MR) is 104 cm³/mol. The van der Waals surface area contributed by atoms with Crippen LogP contribution < -0.4 is 20.1 Å². The fourth-order valence-corrected chi connectivity index (χ4v) is 2.84. The summed E-state index contributed by atoms with van der Waals surface area (Å²) < 4.78 is 10.7. The smallest absolute Gasteiger partial charge is 0.257 e. The molecular formula is C21H19N3O3. The molecule has 1 aliphatic heterocycles. The third-order valence-electron chi connectivity index (χ3n) is 4.30. The van der Waals surface area contributed by atoms with Crippen LogP contribution in [-0.4, -0.2) is 17.7 Å². The maximum absolute atomic E-state index is 12.6. The summed E-state index contributed by atoms with van der Waals surface area (Å²) in [6, 6.07) is 13.3. The van der Waals surface area contributed by atoms with Crippen LogP contribution in [0, 0.1) is 13.8 Å². The summed E-state index contributed by atoms with van der Waals surface area (Å²) >= 11 is 0. The zero-order valence-electron chi connectivity index (χ0n) is 15.1. The lowest BCUT2D eigenvalue weighted by Crippen LogP contribution is -2.13. The zero-order chi connectivity index (χ0) is 18.8. The molecule has 1 aliphatic rings. The van der Waals surface area contributed by atoms with E-state index in [4.69, 9.17) is 9.47 Å². The predicted octanol–water partition coefficient (Wildman–Crippen LogP) is 4.42. The van der Waals surface area contributed by atoms with Crippen LogP contribution in [0.15, 0.2) is 54.9 Å². The highest BCUT2D eigenvalue weighted by Gasteiger charge is 2.14. The van der Waals surface area contributed by atoms with Crippen molar-refractivity contribution in [1.29, 1.82) is 0 Å². The van der Waals surface area contributed by atoms with Crippen molar-refractivity contribution in [1.82, 2.24) is 4.98 Å². The van der Waals surface area contributed by atoms with Gasteiger partial charge in [0.15, 0.2) is 11.5 Å². The van der Waals surface area contributed by atoms with Crippen molar-refractivity contribution in [2.75, 3.05) is 17.4 Å². The van der Waals surface area contributed by atoms with Gasteiger partial charge in [0.1, 0.15) is 0 Å². The molecule has 136 valence electrons. The molecule has 2 aromatic carbocycles. The van der Waals surface area contributed by atoms with Gasteiger partial charge in [-0.05, 0) is 49.2 Å². The molecule has 0 bridgehead atoms. The van der Waals surface area contributed by atoms with Crippen molar-refractivity contribution in [2.24, 2.45) is 0 Å². The molecular weight excluding hydrogens is 342 g/mol. The van der Waals surface area contributed by atoms with Crippen LogP contribution in [0.5, 0.6) is 11.5 Å². The lowest BCUT2D eigenvalue weighted by atomic mass is 10.1. The molecule has 0 fully saturated rings. The van der Waals surface area contributed by atoms with Gasteiger partial charge in [-0.2, -0.15) is 0 Å². The Hall–Kier alpha value is -3.54. The Bertz CT molecular complexity index is 1020. The Morgan fingerprint density at radius 3 is 2.70 bits per heavy atom. The number of carbonyl (C=O) groups is 1. The standard InChI is InChI=1S/C21H19N3O3/c1-13-3-4-14(2)18(7-13)24-21(25)15-8-17(11-22-10-15)23-16-5-6-19-20(9-16)27-12-26-19/h3-11,23H,12H2,1-2H3,(H,24,25). The molecule has 0 radical (unpaired) electrons. The fraction of sp³-hybridized carbons (Fsp3) is 0.143. The van der Waals surface area contributed by atoms with Gasteiger partial charge in [-0.3, -0.25) is 9.78 Å². The molecule has 6 heteroatoms. The van der Waals surface area contributed by atoms with Crippen molar-refractivity contribution in [3.8, 4) is 11.5 Å². The van der Waals surface area contributed by atoms with Crippen molar-refractivity contribution in [3.05, 3.63) is 71.5 Å². The molecule has 2 heterocycles. The fourth-order valence-electron chi connectivity index (χ4n) is 2.84. The number of hydrogen-bond acceptors (Lipinski definition) is 5. The molecule has 4 rings (SSSR count). The van der Waals surface area contributed by atoms with E-state index in [1.54, 1.807) is 18.5 Å². The summed E-state index contributed by atoms with van der Waals surface area (Å²) in [6.07, 6.45) is 3.21. The van der Waals surface area contributed by atoms with Crippen LogP contribution in [0.1, 0.15) is 21.5 Å². The number of carbonyl (C=O) groups excluding carboxylic acids is 1. The van der Waals surface area contributed by atoms with Gasteiger partial charge in [-0.25, -0.2) is 0 Å². The third-order valence-corrected chi connectivity index (χ3v) is 4.30. The molecule has 0 saturated heterocycles. The number of benzene rings is 2. The summed E-state index contributed by atoms with van der Waals surface area (Å²) in [5.74, 6) is 1.21. The Balaban J connectivity index is 1.52. The molecule has 2 N–H and O–H groups in total. The van der Waals surface area contributed by atoms with Crippen LogP contribution in [0.3, 0.4) is 0 Å². The first-order valence-corrected chi connectivity index (χ1v) is 8.59. The number of hydrogen-bond donors (Lipinski definition) is 2. The summed E-state index contributed by atoms with van der Waals surface area (Å²) in [5.41, 5.74) is 4.91. The maximum Gasteiger partial charge on any atom is 0.257 e. The zero-order valence-corrected chi connectivity index (χ0v) is 15.1. The Kier molecular flexibility index (Phi) is 4.38. The number of aryl methyl sites for hydroxylation is 2. The van der Waals surface area contributed by atoms with Gasteiger partial charge in [0.2, 0.25) is 6.79 Å². The average molecular weight is 361 g/mol. The number of ether oxygens (including phenoxy) is 2. The molecule has 6 nitrogen and oxygen atoms in total. The minimum Gasteiger partial charge on any atom is -0.454 e. The molecule has 0 spiro atoms. The van der Waals surface area contributed by atoms with E-state index in [0.29, 0.717) is 17.0 Å². The molecule has 0 unspecified atom stereocenters. The van der Waals surface area contributed by atoms with E-state index in [1.807, 2.05) is 50.2 Å². The highest BCUT2D eigenvalue weighted by atomic mass is 16.7. The second-order valence-corrected chi connectivity index (χ2v) is 6.43. The average Bonchev–Trinajstić information content (AvgIpc) is 3.13. The molecule has 3 aromatic rings. The molecule has 0 atom stereocenters. The largest absolute Gasteiger partial charge is 0.454 e. The van der Waals surface area contributed by atoms with Gasteiger partial charge < -0.3 is 20.1 Å². The molecule has 27 heavy (non-hydrogen) atoms. The molecule has 1 amide bonds. The van der Waals surface area contributed by atoms with Crippen LogP contribution in [0.2, 0.25) is 0 Å². The van der Waals surface area contributed by atoms with Crippen molar-refractivity contribution in [3.63, 3.8) is 0 Å². The number of amides is 1. The second-order valence-electron chi connectivity index (χ2n) is 6.43. The number of anilines is 3. The lowest BCUT2D eigenvalue weighted by Gasteiger charge is -2.11. The topological polar surface area (TPSA) is 72.5 Å². The second kappa shape index (κ2) is 6.99. The van der Waals surface area contributed by atoms with E-state index in [0.717, 1.165) is 28.3 Å². The van der Waals surface area contributed by atoms with Crippen LogP contribution in [0.4, 0.5) is 17.1 Å². The van der Waals surface area contributed by atoms with E-state index >= 15 is 0 Å². The first kappa shape index (κ1) is 16.9. The van der Waals surface area contributed by atoms with Gasteiger partial charge in [0.25, 0.3) is 5.91 Å². The number of rotatable bonds is 4. The van der Waals surface area contributed by atoms with Gasteiger partial charge in [0, 0.05) is 23.6 Å². The first-order chi connectivity index (χ1) is 13.1. The number of pyridine rings is 1. The third kappa shape index (κ3) is 3.69. The van der Waals surface area contributed by atoms with Crippen molar-refractivity contribution >= 4 is 23.0 Å². The summed E-state index contributed by atoms with van der Waals surface area (Å²) in [7, 11) is 0. The monoisotopic (exact) mass is 361 g/mol. The minimum absolute atomic E-state index is 0.203.